The van der Waals surface area contributed by atoms with Crippen molar-refractivity contribution in [2.75, 3.05) is 17.3 Å². The van der Waals surface area contributed by atoms with Gasteiger partial charge in [-0.15, -0.1) is 0 Å². The second-order valence-electron chi connectivity index (χ2n) is 8.36. The standard InChI is InChI=1S/C25H27FN2O4S/c1-28(19-8-4-2-5-9-19)23-14-12-18(16-22(23)26)27-25(29)24-15-13-20(32-24)17-33(30,31)21-10-6-3-7-11-21/h3,6-7,10-16,19H,2,4-5,8-9,17H2,1H3,(H,27,29). The van der Waals surface area contributed by atoms with Gasteiger partial charge in [0.2, 0.25) is 0 Å². The lowest BCUT2D eigenvalue weighted by atomic mass is 9.94. The maximum absolute atomic E-state index is 14.8. The van der Waals surface area contributed by atoms with E-state index in [0.29, 0.717) is 17.4 Å². The van der Waals surface area contributed by atoms with E-state index >= 15 is 0 Å². The molecule has 1 aromatic heterocycles. The van der Waals surface area contributed by atoms with Crippen LogP contribution in [0.5, 0.6) is 0 Å². The molecular formula is C25H27FN2O4S. The van der Waals surface area contributed by atoms with Crippen molar-refractivity contribution in [2.24, 2.45) is 0 Å². The van der Waals surface area contributed by atoms with Gasteiger partial charge in [-0.1, -0.05) is 37.5 Å². The molecule has 0 bridgehead atoms. The second kappa shape index (κ2) is 9.79. The molecule has 1 saturated carbocycles. The van der Waals surface area contributed by atoms with Crippen LogP contribution in [0, 0.1) is 5.82 Å². The maximum atomic E-state index is 14.8. The van der Waals surface area contributed by atoms with Crippen LogP contribution in [0.15, 0.2) is 70.0 Å². The second-order valence-corrected chi connectivity index (χ2v) is 10.4. The molecular weight excluding hydrogens is 443 g/mol. The van der Waals surface area contributed by atoms with Gasteiger partial charge in [-0.25, -0.2) is 12.8 Å². The van der Waals surface area contributed by atoms with E-state index < -0.39 is 21.6 Å². The molecule has 8 heteroatoms. The molecule has 1 aliphatic rings. The quantitative estimate of drug-likeness (QED) is 0.499. The van der Waals surface area contributed by atoms with Crippen LogP contribution in [0.4, 0.5) is 15.8 Å². The van der Waals surface area contributed by atoms with Crippen molar-refractivity contribution in [3.8, 4) is 0 Å². The molecule has 2 aromatic carbocycles. The molecule has 0 spiro atoms. The van der Waals surface area contributed by atoms with Gasteiger partial charge in [-0.3, -0.25) is 4.79 Å². The van der Waals surface area contributed by atoms with Crippen molar-refractivity contribution in [3.05, 3.63) is 78.0 Å². The monoisotopic (exact) mass is 470 g/mol. The highest BCUT2D eigenvalue weighted by Crippen LogP contribution is 2.29. The van der Waals surface area contributed by atoms with Crippen molar-refractivity contribution < 1.29 is 22.0 Å². The Morgan fingerprint density at radius 3 is 2.48 bits per heavy atom. The molecule has 0 radical (unpaired) electrons. The van der Waals surface area contributed by atoms with Crippen molar-refractivity contribution in [1.82, 2.24) is 0 Å². The van der Waals surface area contributed by atoms with Crippen LogP contribution in [-0.4, -0.2) is 27.4 Å². The lowest BCUT2D eigenvalue weighted by Gasteiger charge is -2.33. The summed E-state index contributed by atoms with van der Waals surface area (Å²) in [5, 5.41) is 2.61. The molecule has 1 N–H and O–H groups in total. The van der Waals surface area contributed by atoms with Gasteiger partial charge in [0, 0.05) is 18.8 Å². The summed E-state index contributed by atoms with van der Waals surface area (Å²) in [4.78, 5) is 14.7. The van der Waals surface area contributed by atoms with Gasteiger partial charge in [0.05, 0.1) is 10.6 Å². The number of anilines is 2. The van der Waals surface area contributed by atoms with E-state index in [4.69, 9.17) is 4.42 Å². The van der Waals surface area contributed by atoms with E-state index in [0.717, 1.165) is 25.7 Å². The highest BCUT2D eigenvalue weighted by atomic mass is 32.2. The number of furan rings is 1. The molecule has 174 valence electrons. The highest BCUT2D eigenvalue weighted by Gasteiger charge is 2.22. The Kier molecular flexibility index (Phi) is 6.83. The topological polar surface area (TPSA) is 79.6 Å². The first-order valence-corrected chi connectivity index (χ1v) is 12.7. The molecule has 0 unspecified atom stereocenters. The molecule has 0 atom stereocenters. The van der Waals surface area contributed by atoms with Crippen LogP contribution in [0.3, 0.4) is 0 Å². The first-order chi connectivity index (χ1) is 15.8. The number of carbonyl (C=O) groups excluding carboxylic acids is 1. The molecule has 6 nitrogen and oxygen atoms in total. The predicted molar refractivity (Wildman–Crippen MR) is 126 cm³/mol. The molecule has 0 aliphatic heterocycles. The van der Waals surface area contributed by atoms with Crippen LogP contribution in [0.25, 0.3) is 0 Å². The number of hydrogen-bond acceptors (Lipinski definition) is 5. The third-order valence-electron chi connectivity index (χ3n) is 6.03. The summed E-state index contributed by atoms with van der Waals surface area (Å²) in [5.41, 5.74) is 0.805. The fourth-order valence-corrected chi connectivity index (χ4v) is 5.47. The van der Waals surface area contributed by atoms with Gasteiger partial charge in [0.25, 0.3) is 5.91 Å². The Morgan fingerprint density at radius 2 is 1.79 bits per heavy atom. The number of nitrogens with zero attached hydrogens (tertiary/aromatic N) is 1. The minimum absolute atomic E-state index is 0.0444. The SMILES string of the molecule is CN(c1ccc(NC(=O)c2ccc(CS(=O)(=O)c3ccccc3)o2)cc1F)C1CCCCC1. The van der Waals surface area contributed by atoms with Crippen LogP contribution in [-0.2, 0) is 15.6 Å². The van der Waals surface area contributed by atoms with Crippen LogP contribution >= 0.6 is 0 Å². The molecule has 1 heterocycles. The normalized spacial score (nSPS) is 14.7. The number of halogens is 1. The summed E-state index contributed by atoms with van der Waals surface area (Å²) in [6.45, 7) is 0. The van der Waals surface area contributed by atoms with Crippen molar-refractivity contribution in [1.29, 1.82) is 0 Å². The summed E-state index contributed by atoms with van der Waals surface area (Å²) in [6.07, 6.45) is 5.64. The largest absolute Gasteiger partial charge is 0.455 e. The van der Waals surface area contributed by atoms with Gasteiger partial charge in [-0.05, 0) is 55.3 Å². The first kappa shape index (κ1) is 23.0. The third-order valence-corrected chi connectivity index (χ3v) is 7.68. The number of amides is 1. The zero-order valence-electron chi connectivity index (χ0n) is 18.5. The number of nitrogens with one attached hydrogen (secondary N) is 1. The Hall–Kier alpha value is -3.13. The summed E-state index contributed by atoms with van der Waals surface area (Å²) in [6, 6.07) is 15.8. The minimum atomic E-state index is -3.59. The first-order valence-electron chi connectivity index (χ1n) is 11.0. The molecule has 1 amide bonds. The molecule has 1 aliphatic carbocycles. The number of carbonyl (C=O) groups is 1. The number of hydrogen-bond donors (Lipinski definition) is 1. The Labute approximate surface area is 193 Å². The van der Waals surface area contributed by atoms with Crippen molar-refractivity contribution >= 4 is 27.1 Å². The molecule has 3 aromatic rings. The summed E-state index contributed by atoms with van der Waals surface area (Å²) in [5.74, 6) is -1.24. The fourth-order valence-electron chi connectivity index (χ4n) is 4.20. The van der Waals surface area contributed by atoms with Gasteiger partial charge in [0.1, 0.15) is 17.3 Å². The molecule has 33 heavy (non-hydrogen) atoms. The van der Waals surface area contributed by atoms with Gasteiger partial charge >= 0.3 is 0 Å². The smallest absolute Gasteiger partial charge is 0.291 e. The number of benzene rings is 2. The van der Waals surface area contributed by atoms with Crippen LogP contribution < -0.4 is 10.2 Å². The lowest BCUT2D eigenvalue weighted by Crippen LogP contribution is -2.33. The summed E-state index contributed by atoms with van der Waals surface area (Å²) < 4.78 is 45.2. The van der Waals surface area contributed by atoms with Crippen LogP contribution in [0.2, 0.25) is 0 Å². The number of rotatable bonds is 7. The Morgan fingerprint density at radius 1 is 1.06 bits per heavy atom. The zero-order valence-corrected chi connectivity index (χ0v) is 19.3. The summed E-state index contributed by atoms with van der Waals surface area (Å²) >= 11 is 0. The van der Waals surface area contributed by atoms with E-state index in [9.17, 15) is 17.6 Å². The molecule has 0 saturated heterocycles. The van der Waals surface area contributed by atoms with E-state index in [1.165, 1.54) is 36.8 Å². The highest BCUT2D eigenvalue weighted by molar-refractivity contribution is 7.90. The average Bonchev–Trinajstić information content (AvgIpc) is 3.28. The maximum Gasteiger partial charge on any atom is 0.291 e. The van der Waals surface area contributed by atoms with Crippen molar-refractivity contribution in [3.63, 3.8) is 0 Å². The van der Waals surface area contributed by atoms with E-state index in [1.54, 1.807) is 30.3 Å². The fraction of sp³-hybridized carbons (Fsp3) is 0.320. The van der Waals surface area contributed by atoms with E-state index in [2.05, 4.69) is 5.32 Å². The zero-order chi connectivity index (χ0) is 23.4. The molecule has 1 fully saturated rings. The van der Waals surface area contributed by atoms with Gasteiger partial charge < -0.3 is 14.6 Å². The van der Waals surface area contributed by atoms with Crippen LogP contribution in [0.1, 0.15) is 48.4 Å². The minimum Gasteiger partial charge on any atom is -0.455 e. The predicted octanol–water partition coefficient (Wildman–Crippen LogP) is 5.41. The van der Waals surface area contributed by atoms with E-state index in [1.807, 2.05) is 11.9 Å². The summed E-state index contributed by atoms with van der Waals surface area (Å²) in [7, 11) is -1.69. The van der Waals surface area contributed by atoms with Gasteiger partial charge in [-0.2, -0.15) is 0 Å². The van der Waals surface area contributed by atoms with E-state index in [-0.39, 0.29) is 22.2 Å². The lowest BCUT2D eigenvalue weighted by molar-refractivity contribution is 0.0995. The third kappa shape index (κ3) is 5.45. The Balaban J connectivity index is 1.41. The molecule has 4 rings (SSSR count). The van der Waals surface area contributed by atoms with Crippen molar-refractivity contribution in [2.45, 2.75) is 48.8 Å². The van der Waals surface area contributed by atoms with Gasteiger partial charge in [0.15, 0.2) is 15.6 Å². The number of sulfone groups is 1. The Bertz CT molecular complexity index is 1220. The average molecular weight is 471 g/mol.